The first-order chi connectivity index (χ1) is 10.7. The van der Waals surface area contributed by atoms with Crippen molar-refractivity contribution in [3.8, 4) is 0 Å². The van der Waals surface area contributed by atoms with Crippen molar-refractivity contribution in [1.82, 2.24) is 4.90 Å². The highest BCUT2D eigenvalue weighted by Crippen LogP contribution is 2.42. The average Bonchev–Trinajstić information content (AvgIpc) is 3.07. The van der Waals surface area contributed by atoms with Gasteiger partial charge in [0.05, 0.1) is 11.7 Å². The Hall–Kier alpha value is -0.900. The molecule has 1 heterocycles. The maximum Gasteiger partial charge on any atom is 0.0937 e. The van der Waals surface area contributed by atoms with Gasteiger partial charge in [-0.1, -0.05) is 36.8 Å². The standard InChI is InChI=1S/C19H29NO2/c21-18-10-6-9-17(15-18)19(22,16-7-2-1-3-8-16)11-14-20-12-4-5-13-20/h1-3,7-8,17-18,21-22H,4-6,9-15H2. The van der Waals surface area contributed by atoms with Gasteiger partial charge >= 0.3 is 0 Å². The van der Waals surface area contributed by atoms with Crippen LogP contribution in [0.2, 0.25) is 0 Å². The number of likely N-dealkylation sites (tertiary alicyclic amines) is 1. The molecule has 2 aliphatic rings. The molecule has 0 aromatic heterocycles. The van der Waals surface area contributed by atoms with Gasteiger partial charge in [-0.25, -0.2) is 0 Å². The maximum absolute atomic E-state index is 11.5. The zero-order valence-electron chi connectivity index (χ0n) is 13.5. The van der Waals surface area contributed by atoms with Gasteiger partial charge in [0, 0.05) is 6.54 Å². The van der Waals surface area contributed by atoms with Gasteiger partial charge in [0.15, 0.2) is 0 Å². The fourth-order valence-electron chi connectivity index (χ4n) is 4.24. The molecule has 1 aliphatic carbocycles. The second kappa shape index (κ2) is 7.12. The smallest absolute Gasteiger partial charge is 0.0937 e. The number of hydrogen-bond acceptors (Lipinski definition) is 3. The Bertz CT molecular complexity index is 458. The Kier molecular flexibility index (Phi) is 5.17. The van der Waals surface area contributed by atoms with Gasteiger partial charge in [0.1, 0.15) is 0 Å². The molecule has 2 N–H and O–H groups in total. The predicted molar refractivity (Wildman–Crippen MR) is 88.6 cm³/mol. The summed E-state index contributed by atoms with van der Waals surface area (Å²) in [4.78, 5) is 2.47. The third-order valence-corrected chi connectivity index (χ3v) is 5.60. The third-order valence-electron chi connectivity index (χ3n) is 5.60. The minimum Gasteiger partial charge on any atom is -0.393 e. The van der Waals surface area contributed by atoms with Crippen LogP contribution in [0.4, 0.5) is 0 Å². The summed E-state index contributed by atoms with van der Waals surface area (Å²) in [5.41, 5.74) is 0.221. The van der Waals surface area contributed by atoms with Gasteiger partial charge in [0.2, 0.25) is 0 Å². The number of rotatable bonds is 5. The number of aliphatic hydroxyl groups is 2. The van der Waals surface area contributed by atoms with Gasteiger partial charge in [-0.2, -0.15) is 0 Å². The molecule has 1 aromatic carbocycles. The quantitative estimate of drug-likeness (QED) is 0.879. The molecule has 3 nitrogen and oxygen atoms in total. The molecule has 22 heavy (non-hydrogen) atoms. The first-order valence-electron chi connectivity index (χ1n) is 8.87. The van der Waals surface area contributed by atoms with Crippen LogP contribution in [0.3, 0.4) is 0 Å². The van der Waals surface area contributed by atoms with Crippen LogP contribution in [0.15, 0.2) is 30.3 Å². The fourth-order valence-corrected chi connectivity index (χ4v) is 4.24. The number of nitrogens with zero attached hydrogens (tertiary/aromatic N) is 1. The molecule has 0 bridgehead atoms. The summed E-state index contributed by atoms with van der Waals surface area (Å²) in [6.45, 7) is 3.29. The van der Waals surface area contributed by atoms with Crippen LogP contribution in [0, 0.1) is 5.92 Å². The van der Waals surface area contributed by atoms with Crippen molar-refractivity contribution in [2.45, 2.75) is 56.7 Å². The second-order valence-corrected chi connectivity index (χ2v) is 7.11. The van der Waals surface area contributed by atoms with Crippen molar-refractivity contribution in [2.75, 3.05) is 19.6 Å². The number of aliphatic hydroxyl groups excluding tert-OH is 1. The van der Waals surface area contributed by atoms with Crippen molar-refractivity contribution < 1.29 is 10.2 Å². The summed E-state index contributed by atoms with van der Waals surface area (Å²) in [6.07, 6.45) is 6.74. The van der Waals surface area contributed by atoms with Crippen molar-refractivity contribution in [1.29, 1.82) is 0 Å². The molecule has 0 amide bonds. The van der Waals surface area contributed by atoms with Crippen molar-refractivity contribution >= 4 is 0 Å². The lowest BCUT2D eigenvalue weighted by Crippen LogP contribution is -2.41. The molecule has 3 heteroatoms. The van der Waals surface area contributed by atoms with E-state index in [4.69, 9.17) is 0 Å². The van der Waals surface area contributed by atoms with Crippen molar-refractivity contribution in [3.05, 3.63) is 35.9 Å². The first kappa shape index (κ1) is 16.0. The van der Waals surface area contributed by atoms with E-state index in [0.717, 1.165) is 57.3 Å². The number of hydrogen-bond donors (Lipinski definition) is 2. The molecule has 0 spiro atoms. The summed E-state index contributed by atoms with van der Waals surface area (Å²) in [6, 6.07) is 10.1. The Balaban J connectivity index is 1.77. The van der Waals surface area contributed by atoms with Gasteiger partial charge in [-0.05, 0) is 63.1 Å². The van der Waals surface area contributed by atoms with E-state index in [1.165, 1.54) is 12.8 Å². The first-order valence-corrected chi connectivity index (χ1v) is 8.87. The second-order valence-electron chi connectivity index (χ2n) is 7.11. The molecule has 1 aliphatic heterocycles. The van der Waals surface area contributed by atoms with Crippen LogP contribution in [-0.4, -0.2) is 40.9 Å². The van der Waals surface area contributed by atoms with Gasteiger partial charge < -0.3 is 15.1 Å². The van der Waals surface area contributed by atoms with Crippen LogP contribution in [0.1, 0.15) is 50.5 Å². The Morgan fingerprint density at radius 2 is 1.77 bits per heavy atom. The molecule has 0 radical (unpaired) electrons. The molecule has 2 fully saturated rings. The highest BCUT2D eigenvalue weighted by molar-refractivity contribution is 5.23. The van der Waals surface area contributed by atoms with Gasteiger partial charge in [-0.3, -0.25) is 0 Å². The van der Waals surface area contributed by atoms with Crippen LogP contribution >= 0.6 is 0 Å². The summed E-state index contributed by atoms with van der Waals surface area (Å²) in [5, 5.41) is 21.6. The maximum atomic E-state index is 11.5. The molecule has 3 rings (SSSR count). The zero-order chi connectivity index (χ0) is 15.4. The normalized spacial score (nSPS) is 29.4. The monoisotopic (exact) mass is 303 g/mol. The summed E-state index contributed by atoms with van der Waals surface area (Å²) < 4.78 is 0. The minimum atomic E-state index is -0.800. The van der Waals surface area contributed by atoms with Crippen LogP contribution in [0.5, 0.6) is 0 Å². The summed E-state index contributed by atoms with van der Waals surface area (Å²) in [7, 11) is 0. The van der Waals surface area contributed by atoms with E-state index in [2.05, 4.69) is 4.90 Å². The third kappa shape index (κ3) is 3.53. The topological polar surface area (TPSA) is 43.7 Å². The molecule has 122 valence electrons. The van der Waals surface area contributed by atoms with E-state index in [0.29, 0.717) is 0 Å². The summed E-state index contributed by atoms with van der Waals surface area (Å²) >= 11 is 0. The zero-order valence-corrected chi connectivity index (χ0v) is 13.5. The average molecular weight is 303 g/mol. The molecule has 1 saturated heterocycles. The fraction of sp³-hybridized carbons (Fsp3) is 0.684. The van der Waals surface area contributed by atoms with E-state index in [1.807, 2.05) is 30.3 Å². The van der Waals surface area contributed by atoms with E-state index in [-0.39, 0.29) is 12.0 Å². The minimum absolute atomic E-state index is 0.168. The van der Waals surface area contributed by atoms with Crippen LogP contribution < -0.4 is 0 Å². The van der Waals surface area contributed by atoms with Crippen LogP contribution in [-0.2, 0) is 5.60 Å². The lowest BCUT2D eigenvalue weighted by atomic mass is 9.71. The number of benzene rings is 1. The Labute approximate surface area is 134 Å². The van der Waals surface area contributed by atoms with E-state index in [1.54, 1.807) is 0 Å². The predicted octanol–water partition coefficient (Wildman–Crippen LogP) is 2.91. The molecule has 3 unspecified atom stereocenters. The van der Waals surface area contributed by atoms with Crippen molar-refractivity contribution in [2.24, 2.45) is 5.92 Å². The molecular formula is C19H29NO2. The summed E-state index contributed by atoms with van der Waals surface area (Å²) in [5.74, 6) is 0.168. The lowest BCUT2D eigenvalue weighted by Gasteiger charge is -2.41. The largest absolute Gasteiger partial charge is 0.393 e. The van der Waals surface area contributed by atoms with Gasteiger partial charge in [0.25, 0.3) is 0 Å². The molecule has 3 atom stereocenters. The van der Waals surface area contributed by atoms with Crippen molar-refractivity contribution in [3.63, 3.8) is 0 Å². The van der Waals surface area contributed by atoms with E-state index >= 15 is 0 Å². The Morgan fingerprint density at radius 3 is 2.45 bits per heavy atom. The lowest BCUT2D eigenvalue weighted by molar-refractivity contribution is -0.0703. The highest BCUT2D eigenvalue weighted by Gasteiger charge is 2.40. The van der Waals surface area contributed by atoms with E-state index < -0.39 is 5.60 Å². The Morgan fingerprint density at radius 1 is 1.05 bits per heavy atom. The molecular weight excluding hydrogens is 274 g/mol. The SMILES string of the molecule is OC1CCCC(C(O)(CCN2CCCC2)c2ccccc2)C1. The highest BCUT2D eigenvalue weighted by atomic mass is 16.3. The van der Waals surface area contributed by atoms with Gasteiger partial charge in [-0.15, -0.1) is 0 Å². The van der Waals surface area contributed by atoms with E-state index in [9.17, 15) is 10.2 Å². The van der Waals surface area contributed by atoms with Crippen LogP contribution in [0.25, 0.3) is 0 Å². The molecule has 1 saturated carbocycles. The molecule has 1 aromatic rings.